The van der Waals surface area contributed by atoms with Crippen molar-refractivity contribution in [2.45, 2.75) is 18.7 Å². The molecule has 5 nitrogen and oxygen atoms in total. The van der Waals surface area contributed by atoms with Crippen molar-refractivity contribution >= 4 is 33.0 Å². The van der Waals surface area contributed by atoms with Crippen molar-refractivity contribution < 1.29 is 18.3 Å². The quantitative estimate of drug-likeness (QED) is 0.917. The molecule has 0 spiro atoms. The third kappa shape index (κ3) is 2.93. The van der Waals surface area contributed by atoms with Gasteiger partial charge in [-0.2, -0.15) is 0 Å². The molecular formula is C14H15NO4S2. The van der Waals surface area contributed by atoms with Crippen molar-refractivity contribution in [2.24, 2.45) is 0 Å². The predicted octanol–water partition coefficient (Wildman–Crippen LogP) is 2.97. The summed E-state index contributed by atoms with van der Waals surface area (Å²) in [7, 11) is -3.76. The van der Waals surface area contributed by atoms with Crippen LogP contribution in [-0.4, -0.2) is 26.0 Å². The molecule has 0 aliphatic rings. The molecule has 0 saturated carbocycles. The number of hydrogen-bond donors (Lipinski definition) is 1. The maximum absolute atomic E-state index is 12.7. The van der Waals surface area contributed by atoms with Gasteiger partial charge >= 0.3 is 5.97 Å². The first-order valence-corrected chi connectivity index (χ1v) is 8.60. The molecule has 0 bridgehead atoms. The summed E-state index contributed by atoms with van der Waals surface area (Å²) in [4.78, 5) is 10.9. The first-order chi connectivity index (χ1) is 9.87. The highest BCUT2D eigenvalue weighted by molar-refractivity contribution is 7.93. The lowest BCUT2D eigenvalue weighted by molar-refractivity contribution is 0.0702. The summed E-state index contributed by atoms with van der Waals surface area (Å²) < 4.78 is 26.7. The molecule has 1 N–H and O–H groups in total. The minimum atomic E-state index is -3.76. The number of hydrogen-bond acceptors (Lipinski definition) is 4. The summed E-state index contributed by atoms with van der Waals surface area (Å²) in [6.45, 7) is 3.85. The van der Waals surface area contributed by atoms with Crippen molar-refractivity contribution in [2.75, 3.05) is 10.8 Å². The zero-order chi connectivity index (χ0) is 15.6. The fourth-order valence-corrected chi connectivity index (χ4v) is 4.64. The van der Waals surface area contributed by atoms with Gasteiger partial charge < -0.3 is 5.11 Å². The van der Waals surface area contributed by atoms with Crippen LogP contribution in [0.2, 0.25) is 0 Å². The van der Waals surface area contributed by atoms with Crippen LogP contribution in [0.3, 0.4) is 0 Å². The first kappa shape index (κ1) is 15.5. The molecule has 0 amide bonds. The second-order valence-corrected chi connectivity index (χ2v) is 7.18. The monoisotopic (exact) mass is 325 g/mol. The Labute approximate surface area is 127 Å². The Morgan fingerprint density at radius 1 is 1.33 bits per heavy atom. The fourth-order valence-electron chi connectivity index (χ4n) is 2.01. The van der Waals surface area contributed by atoms with Crippen LogP contribution in [-0.2, 0) is 10.0 Å². The van der Waals surface area contributed by atoms with E-state index in [2.05, 4.69) is 0 Å². The SMILES string of the molecule is CCN(c1ccccc1C)S(=O)(=O)c1csc(C(=O)O)c1. The van der Waals surface area contributed by atoms with E-state index in [-0.39, 0.29) is 16.3 Å². The molecule has 0 aliphatic heterocycles. The summed E-state index contributed by atoms with van der Waals surface area (Å²) in [5.74, 6) is -1.12. The van der Waals surface area contributed by atoms with E-state index in [9.17, 15) is 13.2 Å². The fraction of sp³-hybridized carbons (Fsp3) is 0.214. The Morgan fingerprint density at radius 3 is 2.52 bits per heavy atom. The Bertz CT molecular complexity index is 765. The van der Waals surface area contributed by atoms with E-state index in [1.54, 1.807) is 19.1 Å². The zero-order valence-corrected chi connectivity index (χ0v) is 13.2. The smallest absolute Gasteiger partial charge is 0.345 e. The molecule has 112 valence electrons. The van der Waals surface area contributed by atoms with Crippen LogP contribution < -0.4 is 4.31 Å². The Kier molecular flexibility index (Phi) is 4.34. The highest BCUT2D eigenvalue weighted by Gasteiger charge is 2.26. The summed E-state index contributed by atoms with van der Waals surface area (Å²) in [6.07, 6.45) is 0. The van der Waals surface area contributed by atoms with Gasteiger partial charge in [0.25, 0.3) is 10.0 Å². The summed E-state index contributed by atoms with van der Waals surface area (Å²) in [5.41, 5.74) is 1.44. The van der Waals surface area contributed by atoms with Crippen LogP contribution in [0.1, 0.15) is 22.2 Å². The van der Waals surface area contributed by atoms with E-state index in [4.69, 9.17) is 5.11 Å². The van der Waals surface area contributed by atoms with Crippen LogP contribution in [0.5, 0.6) is 0 Å². The standard InChI is InChI=1S/C14H15NO4S2/c1-3-15(12-7-5-4-6-10(12)2)21(18,19)11-8-13(14(16)17)20-9-11/h4-9H,3H2,1-2H3,(H,16,17). The van der Waals surface area contributed by atoms with Gasteiger partial charge in [-0.15, -0.1) is 11.3 Å². The maximum atomic E-state index is 12.7. The highest BCUT2D eigenvalue weighted by atomic mass is 32.2. The average molecular weight is 325 g/mol. The Balaban J connectivity index is 2.49. The van der Waals surface area contributed by atoms with E-state index in [0.29, 0.717) is 5.69 Å². The van der Waals surface area contributed by atoms with Crippen LogP contribution in [0.4, 0.5) is 5.69 Å². The van der Waals surface area contributed by atoms with Gasteiger partial charge in [0.1, 0.15) is 4.88 Å². The third-order valence-electron chi connectivity index (χ3n) is 3.05. The minimum Gasteiger partial charge on any atom is -0.477 e. The van der Waals surface area contributed by atoms with Crippen molar-refractivity contribution in [3.05, 3.63) is 46.2 Å². The number of nitrogens with zero attached hydrogens (tertiary/aromatic N) is 1. The molecule has 1 aromatic carbocycles. The van der Waals surface area contributed by atoms with Gasteiger partial charge in [0, 0.05) is 11.9 Å². The van der Waals surface area contributed by atoms with Crippen LogP contribution in [0, 0.1) is 6.92 Å². The third-order valence-corrected chi connectivity index (χ3v) is 5.98. The molecule has 0 radical (unpaired) electrons. The molecule has 1 heterocycles. The number of benzene rings is 1. The van der Waals surface area contributed by atoms with Gasteiger partial charge in [-0.05, 0) is 31.5 Å². The number of sulfonamides is 1. The van der Waals surface area contributed by atoms with E-state index in [1.807, 2.05) is 19.1 Å². The number of carboxylic acid groups (broad SMARTS) is 1. The number of carbonyl (C=O) groups is 1. The molecule has 2 rings (SSSR count). The van der Waals surface area contributed by atoms with Gasteiger partial charge in [0.15, 0.2) is 0 Å². The summed E-state index contributed by atoms with van der Waals surface area (Å²) in [5, 5.41) is 10.3. The molecule has 7 heteroatoms. The van der Waals surface area contributed by atoms with Gasteiger partial charge in [0.05, 0.1) is 10.6 Å². The lowest BCUT2D eigenvalue weighted by atomic mass is 10.2. The lowest BCUT2D eigenvalue weighted by Crippen LogP contribution is -2.31. The summed E-state index contributed by atoms with van der Waals surface area (Å²) >= 11 is 0.906. The zero-order valence-electron chi connectivity index (χ0n) is 11.6. The van der Waals surface area contributed by atoms with Crippen molar-refractivity contribution in [3.63, 3.8) is 0 Å². The van der Waals surface area contributed by atoms with Crippen molar-refractivity contribution in [1.29, 1.82) is 0 Å². The van der Waals surface area contributed by atoms with E-state index in [1.165, 1.54) is 15.8 Å². The summed E-state index contributed by atoms with van der Waals surface area (Å²) in [6, 6.07) is 8.39. The first-order valence-electron chi connectivity index (χ1n) is 6.28. The van der Waals surface area contributed by atoms with Gasteiger partial charge in [0.2, 0.25) is 0 Å². The van der Waals surface area contributed by atoms with E-state index >= 15 is 0 Å². The topological polar surface area (TPSA) is 74.7 Å². The molecule has 1 aromatic heterocycles. The molecule has 2 aromatic rings. The number of carboxylic acids is 1. The molecule has 0 fully saturated rings. The number of para-hydroxylation sites is 1. The second kappa shape index (κ2) is 5.87. The van der Waals surface area contributed by atoms with Crippen LogP contribution >= 0.6 is 11.3 Å². The molecule has 0 aliphatic carbocycles. The van der Waals surface area contributed by atoms with Gasteiger partial charge in [-0.3, -0.25) is 4.31 Å². The number of thiophene rings is 1. The van der Waals surface area contributed by atoms with Crippen molar-refractivity contribution in [1.82, 2.24) is 0 Å². The van der Waals surface area contributed by atoms with Crippen molar-refractivity contribution in [3.8, 4) is 0 Å². The lowest BCUT2D eigenvalue weighted by Gasteiger charge is -2.23. The molecule has 21 heavy (non-hydrogen) atoms. The Hall–Kier alpha value is -1.86. The number of aromatic carboxylic acids is 1. The van der Waals surface area contributed by atoms with Crippen LogP contribution in [0.25, 0.3) is 0 Å². The average Bonchev–Trinajstić information content (AvgIpc) is 2.92. The normalized spacial score (nSPS) is 11.3. The number of aryl methyl sites for hydroxylation is 1. The largest absolute Gasteiger partial charge is 0.477 e. The molecular weight excluding hydrogens is 310 g/mol. The van der Waals surface area contributed by atoms with E-state index < -0.39 is 16.0 Å². The van der Waals surface area contributed by atoms with Gasteiger partial charge in [-0.25, -0.2) is 13.2 Å². The van der Waals surface area contributed by atoms with Gasteiger partial charge in [-0.1, -0.05) is 18.2 Å². The highest BCUT2D eigenvalue weighted by Crippen LogP contribution is 2.28. The maximum Gasteiger partial charge on any atom is 0.345 e. The molecule has 0 atom stereocenters. The number of rotatable bonds is 5. The van der Waals surface area contributed by atoms with Crippen LogP contribution in [0.15, 0.2) is 40.6 Å². The predicted molar refractivity (Wildman–Crippen MR) is 82.7 cm³/mol. The van der Waals surface area contributed by atoms with E-state index in [0.717, 1.165) is 16.9 Å². The Morgan fingerprint density at radius 2 is 2.00 bits per heavy atom. The second-order valence-electron chi connectivity index (χ2n) is 4.41. The minimum absolute atomic E-state index is 0.00871. The number of anilines is 1. The molecule has 0 saturated heterocycles. The molecule has 0 unspecified atom stereocenters.